The fraction of sp³-hybridized carbons (Fsp3) is 0.727. The number of aliphatic carboxylic acids is 1. The standard InChI is InChI=1S/C11H20O2/c1-3-5-6-7-8-9-10(4-2)11(12)13/h7-8,10H,3-6,9H2,1-2H3,(H,12,13). The first-order valence-electron chi connectivity index (χ1n) is 5.10. The maximum Gasteiger partial charge on any atom is 0.306 e. The summed E-state index contributed by atoms with van der Waals surface area (Å²) < 4.78 is 0. The van der Waals surface area contributed by atoms with Crippen molar-refractivity contribution in [2.24, 2.45) is 5.92 Å². The molecule has 0 aliphatic rings. The molecule has 0 spiro atoms. The summed E-state index contributed by atoms with van der Waals surface area (Å²) >= 11 is 0. The first-order chi connectivity index (χ1) is 6.22. The number of hydrogen-bond acceptors (Lipinski definition) is 1. The Morgan fingerprint density at radius 1 is 1.38 bits per heavy atom. The van der Waals surface area contributed by atoms with Crippen molar-refractivity contribution in [1.29, 1.82) is 0 Å². The number of carboxylic acids is 1. The second kappa shape index (κ2) is 7.84. The summed E-state index contributed by atoms with van der Waals surface area (Å²) in [7, 11) is 0. The number of carbonyl (C=O) groups is 1. The van der Waals surface area contributed by atoms with Crippen molar-refractivity contribution >= 4 is 5.97 Å². The molecule has 0 aromatic carbocycles. The summed E-state index contributed by atoms with van der Waals surface area (Å²) in [6.45, 7) is 4.07. The number of rotatable bonds is 7. The van der Waals surface area contributed by atoms with Gasteiger partial charge in [0.05, 0.1) is 5.92 Å². The summed E-state index contributed by atoms with van der Waals surface area (Å²) in [5.74, 6) is -0.875. The average molecular weight is 184 g/mol. The van der Waals surface area contributed by atoms with E-state index in [0.29, 0.717) is 12.8 Å². The highest BCUT2D eigenvalue weighted by molar-refractivity contribution is 5.70. The van der Waals surface area contributed by atoms with Crippen LogP contribution in [0.3, 0.4) is 0 Å². The van der Waals surface area contributed by atoms with Crippen LogP contribution < -0.4 is 0 Å². The number of carboxylic acid groups (broad SMARTS) is 1. The quantitative estimate of drug-likeness (QED) is 0.487. The second-order valence-corrected chi connectivity index (χ2v) is 3.29. The summed E-state index contributed by atoms with van der Waals surface area (Å²) in [6, 6.07) is 0. The molecule has 2 heteroatoms. The Balaban J connectivity index is 3.59. The Kier molecular flexibility index (Phi) is 7.36. The minimum absolute atomic E-state index is 0.196. The Morgan fingerprint density at radius 3 is 2.54 bits per heavy atom. The third-order valence-corrected chi connectivity index (χ3v) is 2.15. The first-order valence-corrected chi connectivity index (χ1v) is 5.10. The van der Waals surface area contributed by atoms with Crippen molar-refractivity contribution in [3.63, 3.8) is 0 Å². The van der Waals surface area contributed by atoms with Gasteiger partial charge in [-0.25, -0.2) is 0 Å². The van der Waals surface area contributed by atoms with Crippen LogP contribution in [-0.4, -0.2) is 11.1 Å². The Labute approximate surface area is 80.7 Å². The molecule has 13 heavy (non-hydrogen) atoms. The van der Waals surface area contributed by atoms with Gasteiger partial charge in [0.25, 0.3) is 0 Å². The van der Waals surface area contributed by atoms with Crippen LogP contribution in [-0.2, 0) is 4.79 Å². The molecule has 0 rings (SSSR count). The van der Waals surface area contributed by atoms with Crippen LogP contribution in [0.1, 0.15) is 46.0 Å². The fourth-order valence-corrected chi connectivity index (χ4v) is 1.14. The van der Waals surface area contributed by atoms with E-state index in [0.717, 1.165) is 6.42 Å². The lowest BCUT2D eigenvalue weighted by atomic mass is 10.0. The van der Waals surface area contributed by atoms with Crippen LogP contribution in [0.2, 0.25) is 0 Å². The molecule has 0 fully saturated rings. The molecule has 1 unspecified atom stereocenters. The van der Waals surface area contributed by atoms with Gasteiger partial charge in [-0.15, -0.1) is 0 Å². The lowest BCUT2D eigenvalue weighted by Gasteiger charge is -2.04. The van der Waals surface area contributed by atoms with Gasteiger partial charge in [0.2, 0.25) is 0 Å². The van der Waals surface area contributed by atoms with Crippen molar-refractivity contribution in [2.75, 3.05) is 0 Å². The van der Waals surface area contributed by atoms with E-state index >= 15 is 0 Å². The number of hydrogen-bond donors (Lipinski definition) is 1. The molecule has 1 atom stereocenters. The largest absolute Gasteiger partial charge is 0.481 e. The predicted molar refractivity (Wildman–Crippen MR) is 54.7 cm³/mol. The molecule has 0 aliphatic carbocycles. The summed E-state index contributed by atoms with van der Waals surface area (Å²) in [5, 5.41) is 8.74. The molecule has 0 radical (unpaired) electrons. The molecule has 0 aromatic rings. The van der Waals surface area contributed by atoms with Crippen LogP contribution in [0.25, 0.3) is 0 Å². The topological polar surface area (TPSA) is 37.3 Å². The predicted octanol–water partition coefficient (Wildman–Crippen LogP) is 3.23. The van der Waals surface area contributed by atoms with Gasteiger partial charge in [-0.2, -0.15) is 0 Å². The van der Waals surface area contributed by atoms with Gasteiger partial charge in [-0.05, 0) is 19.3 Å². The fourth-order valence-electron chi connectivity index (χ4n) is 1.14. The molecule has 0 amide bonds. The third-order valence-electron chi connectivity index (χ3n) is 2.15. The molecule has 0 aromatic heterocycles. The molecular weight excluding hydrogens is 164 g/mol. The molecule has 0 saturated carbocycles. The van der Waals surface area contributed by atoms with Gasteiger partial charge < -0.3 is 5.11 Å². The van der Waals surface area contributed by atoms with Gasteiger partial charge in [-0.3, -0.25) is 4.79 Å². The van der Waals surface area contributed by atoms with E-state index in [1.165, 1.54) is 12.8 Å². The van der Waals surface area contributed by atoms with E-state index < -0.39 is 5.97 Å². The van der Waals surface area contributed by atoms with Crippen LogP contribution in [0.4, 0.5) is 0 Å². The van der Waals surface area contributed by atoms with Crippen LogP contribution in [0, 0.1) is 5.92 Å². The highest BCUT2D eigenvalue weighted by Gasteiger charge is 2.11. The summed E-state index contributed by atoms with van der Waals surface area (Å²) in [4.78, 5) is 10.6. The molecule has 0 aliphatic heterocycles. The van der Waals surface area contributed by atoms with Crippen LogP contribution in [0.15, 0.2) is 12.2 Å². The third kappa shape index (κ3) is 6.38. The molecule has 1 N–H and O–H groups in total. The molecule has 0 saturated heterocycles. The highest BCUT2D eigenvalue weighted by Crippen LogP contribution is 2.09. The maximum absolute atomic E-state index is 10.6. The minimum Gasteiger partial charge on any atom is -0.481 e. The van der Waals surface area contributed by atoms with Gasteiger partial charge in [0, 0.05) is 0 Å². The van der Waals surface area contributed by atoms with Gasteiger partial charge >= 0.3 is 5.97 Å². The van der Waals surface area contributed by atoms with E-state index in [-0.39, 0.29) is 5.92 Å². The summed E-state index contributed by atoms with van der Waals surface area (Å²) in [5.41, 5.74) is 0. The van der Waals surface area contributed by atoms with Crippen molar-refractivity contribution in [3.8, 4) is 0 Å². The van der Waals surface area contributed by atoms with E-state index in [1.54, 1.807) is 0 Å². The van der Waals surface area contributed by atoms with Gasteiger partial charge in [0.15, 0.2) is 0 Å². The van der Waals surface area contributed by atoms with Crippen molar-refractivity contribution in [3.05, 3.63) is 12.2 Å². The second-order valence-electron chi connectivity index (χ2n) is 3.29. The normalized spacial score (nSPS) is 13.4. The molecular formula is C11H20O2. The SMILES string of the molecule is CCCCC=CCC(CC)C(=O)O. The average Bonchev–Trinajstić information content (AvgIpc) is 2.10. The van der Waals surface area contributed by atoms with E-state index in [1.807, 2.05) is 13.0 Å². The Bertz CT molecular complexity index is 161. The zero-order valence-electron chi connectivity index (χ0n) is 8.62. The lowest BCUT2D eigenvalue weighted by molar-refractivity contribution is -0.141. The van der Waals surface area contributed by atoms with Gasteiger partial charge in [0.1, 0.15) is 0 Å². The first kappa shape index (κ1) is 12.2. The van der Waals surface area contributed by atoms with Crippen LogP contribution in [0.5, 0.6) is 0 Å². The number of unbranched alkanes of at least 4 members (excludes halogenated alkanes) is 2. The monoisotopic (exact) mass is 184 g/mol. The van der Waals surface area contributed by atoms with E-state index in [4.69, 9.17) is 5.11 Å². The summed E-state index contributed by atoms with van der Waals surface area (Å²) in [6.07, 6.45) is 8.95. The smallest absolute Gasteiger partial charge is 0.306 e. The van der Waals surface area contributed by atoms with Crippen molar-refractivity contribution < 1.29 is 9.90 Å². The van der Waals surface area contributed by atoms with Crippen molar-refractivity contribution in [1.82, 2.24) is 0 Å². The van der Waals surface area contributed by atoms with Gasteiger partial charge in [-0.1, -0.05) is 38.8 Å². The maximum atomic E-state index is 10.6. The Hall–Kier alpha value is -0.790. The molecule has 2 nitrogen and oxygen atoms in total. The minimum atomic E-state index is -0.678. The van der Waals surface area contributed by atoms with Crippen molar-refractivity contribution in [2.45, 2.75) is 46.0 Å². The molecule has 0 bridgehead atoms. The van der Waals surface area contributed by atoms with E-state index in [2.05, 4.69) is 13.0 Å². The number of allylic oxidation sites excluding steroid dienone is 2. The zero-order chi connectivity index (χ0) is 10.1. The van der Waals surface area contributed by atoms with E-state index in [9.17, 15) is 4.79 Å². The zero-order valence-corrected chi connectivity index (χ0v) is 8.62. The molecule has 0 heterocycles. The highest BCUT2D eigenvalue weighted by atomic mass is 16.4. The lowest BCUT2D eigenvalue weighted by Crippen LogP contribution is -2.11. The Morgan fingerprint density at radius 2 is 2.08 bits per heavy atom. The molecule has 76 valence electrons. The van der Waals surface area contributed by atoms with Crippen LogP contribution >= 0.6 is 0 Å².